The summed E-state index contributed by atoms with van der Waals surface area (Å²) in [6, 6.07) is 15.7. The predicted octanol–water partition coefficient (Wildman–Crippen LogP) is 3.73. The predicted molar refractivity (Wildman–Crippen MR) is 77.6 cm³/mol. The Morgan fingerprint density at radius 2 is 1.79 bits per heavy atom. The van der Waals surface area contributed by atoms with E-state index >= 15 is 0 Å². The highest BCUT2D eigenvalue weighted by Gasteiger charge is 2.28. The molecule has 2 unspecified atom stereocenters. The summed E-state index contributed by atoms with van der Waals surface area (Å²) in [5.41, 5.74) is 8.83. The summed E-state index contributed by atoms with van der Waals surface area (Å²) in [5, 5.41) is 0.633. The van der Waals surface area contributed by atoms with E-state index in [2.05, 4.69) is 18.2 Å². The minimum atomic E-state index is -0.0961. The Kier molecular flexibility index (Phi) is 3.45. The molecule has 0 aromatic heterocycles. The Morgan fingerprint density at radius 1 is 1.05 bits per heavy atom. The number of ether oxygens (including phenoxy) is 1. The summed E-state index contributed by atoms with van der Waals surface area (Å²) in [6.07, 6.45) is 1.90. The molecule has 3 rings (SSSR count). The Bertz CT molecular complexity index is 584. The van der Waals surface area contributed by atoms with Crippen molar-refractivity contribution in [2.24, 2.45) is 5.73 Å². The molecule has 1 aliphatic rings. The summed E-state index contributed by atoms with van der Waals surface area (Å²) < 4.78 is 6.00. The lowest BCUT2D eigenvalue weighted by Gasteiger charge is -2.31. The summed E-state index contributed by atoms with van der Waals surface area (Å²) in [4.78, 5) is 0. The van der Waals surface area contributed by atoms with Crippen molar-refractivity contribution in [3.05, 3.63) is 64.7 Å². The van der Waals surface area contributed by atoms with E-state index in [1.165, 1.54) is 11.1 Å². The fourth-order valence-corrected chi connectivity index (χ4v) is 2.78. The molecule has 0 amide bonds. The number of fused-ring (bicyclic) bond motifs is 1. The molecule has 2 atom stereocenters. The van der Waals surface area contributed by atoms with Gasteiger partial charge in [0.25, 0.3) is 0 Å². The molecule has 0 saturated heterocycles. The van der Waals surface area contributed by atoms with E-state index in [1.807, 2.05) is 30.3 Å². The van der Waals surface area contributed by atoms with Crippen molar-refractivity contribution in [2.45, 2.75) is 25.0 Å². The maximum atomic E-state index is 6.32. The lowest BCUT2D eigenvalue weighted by atomic mass is 9.86. The van der Waals surface area contributed by atoms with E-state index in [1.54, 1.807) is 0 Å². The molecule has 0 bridgehead atoms. The van der Waals surface area contributed by atoms with Crippen LogP contribution >= 0.6 is 11.6 Å². The van der Waals surface area contributed by atoms with Crippen LogP contribution in [0.1, 0.15) is 23.6 Å². The lowest BCUT2D eigenvalue weighted by molar-refractivity contribution is 0.153. The molecule has 98 valence electrons. The van der Waals surface area contributed by atoms with Gasteiger partial charge in [-0.1, -0.05) is 48.0 Å². The van der Waals surface area contributed by atoms with Crippen LogP contribution in [0.3, 0.4) is 0 Å². The van der Waals surface area contributed by atoms with Crippen molar-refractivity contribution in [1.82, 2.24) is 0 Å². The van der Waals surface area contributed by atoms with Gasteiger partial charge in [-0.2, -0.15) is 0 Å². The van der Waals surface area contributed by atoms with Gasteiger partial charge < -0.3 is 10.5 Å². The summed E-state index contributed by atoms with van der Waals surface area (Å²) in [6.45, 7) is 0. The van der Waals surface area contributed by atoms with Gasteiger partial charge in [0.1, 0.15) is 11.9 Å². The third-order valence-electron chi connectivity index (χ3n) is 3.63. The maximum absolute atomic E-state index is 6.32. The minimum absolute atomic E-state index is 0.0187. The molecular formula is C16H16ClNO. The van der Waals surface area contributed by atoms with Crippen LogP contribution in [-0.4, -0.2) is 6.10 Å². The van der Waals surface area contributed by atoms with Crippen LogP contribution < -0.4 is 10.5 Å². The summed E-state index contributed by atoms with van der Waals surface area (Å²) >= 11 is 6.13. The van der Waals surface area contributed by atoms with Crippen molar-refractivity contribution in [3.63, 3.8) is 0 Å². The average molecular weight is 274 g/mol. The first-order chi connectivity index (χ1) is 9.25. The van der Waals surface area contributed by atoms with Crippen LogP contribution in [0, 0.1) is 0 Å². The van der Waals surface area contributed by atoms with E-state index in [9.17, 15) is 0 Å². The van der Waals surface area contributed by atoms with Gasteiger partial charge in [-0.05, 0) is 36.1 Å². The zero-order valence-electron chi connectivity index (χ0n) is 10.6. The van der Waals surface area contributed by atoms with E-state index in [4.69, 9.17) is 22.1 Å². The SMILES string of the molecule is NC1c2ccccc2CCC1Oc1ccccc1Cl. The second-order valence-electron chi connectivity index (χ2n) is 4.85. The Morgan fingerprint density at radius 3 is 2.63 bits per heavy atom. The number of hydrogen-bond acceptors (Lipinski definition) is 2. The summed E-state index contributed by atoms with van der Waals surface area (Å²) in [5.74, 6) is 0.712. The molecule has 2 aromatic carbocycles. The number of hydrogen-bond donors (Lipinski definition) is 1. The lowest BCUT2D eigenvalue weighted by Crippen LogP contribution is -2.35. The van der Waals surface area contributed by atoms with Gasteiger partial charge in [-0.15, -0.1) is 0 Å². The smallest absolute Gasteiger partial charge is 0.138 e. The molecule has 2 aromatic rings. The molecule has 19 heavy (non-hydrogen) atoms. The first kappa shape index (κ1) is 12.5. The minimum Gasteiger partial charge on any atom is -0.487 e. The van der Waals surface area contributed by atoms with Gasteiger partial charge in [0.05, 0.1) is 11.1 Å². The van der Waals surface area contributed by atoms with Crippen molar-refractivity contribution >= 4 is 11.6 Å². The quantitative estimate of drug-likeness (QED) is 0.905. The highest BCUT2D eigenvalue weighted by molar-refractivity contribution is 6.32. The zero-order chi connectivity index (χ0) is 13.2. The number of benzene rings is 2. The number of rotatable bonds is 2. The van der Waals surface area contributed by atoms with Crippen LogP contribution in [0.15, 0.2) is 48.5 Å². The van der Waals surface area contributed by atoms with Crippen LogP contribution in [-0.2, 0) is 6.42 Å². The van der Waals surface area contributed by atoms with Gasteiger partial charge in [0.15, 0.2) is 0 Å². The fraction of sp³-hybridized carbons (Fsp3) is 0.250. The van der Waals surface area contributed by atoms with Crippen molar-refractivity contribution in [3.8, 4) is 5.75 Å². The third kappa shape index (κ3) is 2.46. The highest BCUT2D eigenvalue weighted by Crippen LogP contribution is 2.33. The van der Waals surface area contributed by atoms with E-state index < -0.39 is 0 Å². The molecule has 1 aliphatic carbocycles. The molecule has 0 aliphatic heterocycles. The molecule has 2 nitrogen and oxygen atoms in total. The number of para-hydroxylation sites is 1. The van der Waals surface area contributed by atoms with Crippen LogP contribution in [0.5, 0.6) is 5.75 Å². The van der Waals surface area contributed by atoms with Gasteiger partial charge in [-0.25, -0.2) is 0 Å². The van der Waals surface area contributed by atoms with Crippen molar-refractivity contribution in [2.75, 3.05) is 0 Å². The normalized spacial score (nSPS) is 21.8. The molecule has 0 heterocycles. The highest BCUT2D eigenvalue weighted by atomic mass is 35.5. The Hall–Kier alpha value is -1.51. The van der Waals surface area contributed by atoms with Crippen LogP contribution in [0.4, 0.5) is 0 Å². The van der Waals surface area contributed by atoms with Crippen molar-refractivity contribution in [1.29, 1.82) is 0 Å². The molecule has 3 heteroatoms. The molecule has 2 N–H and O–H groups in total. The number of nitrogens with two attached hydrogens (primary N) is 1. The fourth-order valence-electron chi connectivity index (χ4n) is 2.60. The second kappa shape index (κ2) is 5.24. The van der Waals surface area contributed by atoms with Gasteiger partial charge in [-0.3, -0.25) is 0 Å². The standard InChI is InChI=1S/C16H16ClNO/c17-13-7-3-4-8-14(13)19-15-10-9-11-5-1-2-6-12(11)16(15)18/h1-8,15-16H,9-10,18H2. The third-order valence-corrected chi connectivity index (χ3v) is 3.94. The first-order valence-electron chi connectivity index (χ1n) is 6.50. The molecule has 0 radical (unpaired) electrons. The zero-order valence-corrected chi connectivity index (χ0v) is 11.3. The molecular weight excluding hydrogens is 258 g/mol. The van der Waals surface area contributed by atoms with Crippen LogP contribution in [0.25, 0.3) is 0 Å². The second-order valence-corrected chi connectivity index (χ2v) is 5.26. The average Bonchev–Trinajstić information content (AvgIpc) is 2.44. The van der Waals surface area contributed by atoms with E-state index in [0.717, 1.165) is 12.8 Å². The molecule has 0 saturated carbocycles. The first-order valence-corrected chi connectivity index (χ1v) is 6.88. The monoisotopic (exact) mass is 273 g/mol. The van der Waals surface area contributed by atoms with Gasteiger partial charge in [0.2, 0.25) is 0 Å². The molecule has 0 fully saturated rings. The van der Waals surface area contributed by atoms with Crippen molar-refractivity contribution < 1.29 is 4.74 Å². The number of halogens is 1. The molecule has 0 spiro atoms. The summed E-state index contributed by atoms with van der Waals surface area (Å²) in [7, 11) is 0. The van der Waals surface area contributed by atoms with Gasteiger partial charge in [0, 0.05) is 0 Å². The maximum Gasteiger partial charge on any atom is 0.138 e. The van der Waals surface area contributed by atoms with Gasteiger partial charge >= 0.3 is 0 Å². The number of aryl methyl sites for hydroxylation is 1. The topological polar surface area (TPSA) is 35.2 Å². The largest absolute Gasteiger partial charge is 0.487 e. The Balaban J connectivity index is 1.83. The van der Waals surface area contributed by atoms with Crippen LogP contribution in [0.2, 0.25) is 5.02 Å². The Labute approximate surface area is 118 Å². The van der Waals surface area contributed by atoms with E-state index in [0.29, 0.717) is 10.8 Å². The van der Waals surface area contributed by atoms with E-state index in [-0.39, 0.29) is 12.1 Å².